The van der Waals surface area contributed by atoms with Crippen molar-refractivity contribution in [3.8, 4) is 0 Å². The highest BCUT2D eigenvalue weighted by molar-refractivity contribution is 5.70. The fourth-order valence-electron chi connectivity index (χ4n) is 6.78. The Morgan fingerprint density at radius 3 is 1.19 bits per heavy atom. The summed E-state index contributed by atoms with van der Waals surface area (Å²) in [4.78, 5) is 36.7. The first-order valence-electron chi connectivity index (χ1n) is 22.1. The molecule has 2 unspecified atom stereocenters. The molecule has 8 nitrogen and oxygen atoms in total. The number of carboxylic acids is 1. The van der Waals surface area contributed by atoms with Crippen LogP contribution in [0.3, 0.4) is 0 Å². The minimum absolute atomic E-state index is 0.0483. The zero-order valence-electron chi connectivity index (χ0n) is 35.0. The van der Waals surface area contributed by atoms with Gasteiger partial charge in [0.15, 0.2) is 6.10 Å². The van der Waals surface area contributed by atoms with Crippen molar-refractivity contribution >= 4 is 17.9 Å². The Balaban J connectivity index is 4.13. The minimum atomic E-state index is -1.12. The Kier molecular flexibility index (Phi) is 35.1. The number of likely N-dealkylation sites (N-methyl/N-ethyl adjacent to an activating group) is 1. The van der Waals surface area contributed by atoms with E-state index in [1.54, 1.807) is 21.1 Å². The van der Waals surface area contributed by atoms with Gasteiger partial charge in [-0.25, -0.2) is 0 Å². The third-order valence-corrected chi connectivity index (χ3v) is 10.2. The van der Waals surface area contributed by atoms with Crippen molar-refractivity contribution in [1.82, 2.24) is 0 Å². The van der Waals surface area contributed by atoms with Gasteiger partial charge in [0, 0.05) is 19.3 Å². The number of carbonyl (C=O) groups is 3. The third-order valence-electron chi connectivity index (χ3n) is 10.2. The summed E-state index contributed by atoms with van der Waals surface area (Å²) in [5.74, 6) is -1.72. The molecule has 0 aromatic carbocycles. The Hall–Kier alpha value is -1.67. The Labute approximate surface area is 321 Å². The molecular weight excluding hydrogens is 654 g/mol. The number of carbonyl (C=O) groups excluding carboxylic acids is 3. The van der Waals surface area contributed by atoms with E-state index in [2.05, 4.69) is 13.8 Å². The molecule has 0 amide bonds. The number of unbranched alkanes of at least 4 members (excludes halogenated alkanes) is 26. The lowest BCUT2D eigenvalue weighted by Crippen LogP contribution is -2.55. The number of carboxylic acid groups (broad SMARTS) is 1. The zero-order valence-corrected chi connectivity index (χ0v) is 35.0. The summed E-state index contributed by atoms with van der Waals surface area (Å²) in [5.41, 5.74) is 0. The number of hydrogen-bond donors (Lipinski definition) is 0. The maximum atomic E-state index is 12.6. The quantitative estimate of drug-likeness (QED) is 0.0350. The molecule has 308 valence electrons. The number of nitrogens with zero attached hydrogens (tertiary/aromatic N) is 1. The molecule has 8 heteroatoms. The molecule has 0 spiro atoms. The van der Waals surface area contributed by atoms with Gasteiger partial charge in [0.05, 0.1) is 40.3 Å². The molecule has 0 aliphatic rings. The van der Waals surface area contributed by atoms with Crippen molar-refractivity contribution < 1.29 is 38.2 Å². The molecule has 0 aliphatic heterocycles. The van der Waals surface area contributed by atoms with Gasteiger partial charge in [-0.1, -0.05) is 181 Å². The minimum Gasteiger partial charge on any atom is -0.544 e. The highest BCUT2D eigenvalue weighted by Gasteiger charge is 2.25. The largest absolute Gasteiger partial charge is 0.544 e. The highest BCUT2D eigenvalue weighted by Crippen LogP contribution is 2.16. The highest BCUT2D eigenvalue weighted by atomic mass is 16.6. The van der Waals surface area contributed by atoms with E-state index in [-0.39, 0.29) is 42.7 Å². The Bertz CT molecular complexity index is 828. The summed E-state index contributed by atoms with van der Waals surface area (Å²) >= 11 is 0. The second-order valence-corrected chi connectivity index (χ2v) is 16.3. The molecule has 0 aliphatic carbocycles. The fourth-order valence-corrected chi connectivity index (χ4v) is 6.78. The summed E-state index contributed by atoms with van der Waals surface area (Å²) in [7, 11) is 5.41. The van der Waals surface area contributed by atoms with Gasteiger partial charge in [-0.15, -0.1) is 0 Å². The van der Waals surface area contributed by atoms with Crippen LogP contribution in [0, 0.1) is 0 Å². The van der Waals surface area contributed by atoms with E-state index < -0.39 is 18.1 Å². The predicted octanol–water partition coefficient (Wildman–Crippen LogP) is 10.4. The monoisotopic (exact) mass is 740 g/mol. The lowest BCUT2D eigenvalue weighted by molar-refractivity contribution is -0.889. The summed E-state index contributed by atoms with van der Waals surface area (Å²) in [6.07, 6.45) is 35.7. The van der Waals surface area contributed by atoms with E-state index >= 15 is 0 Å². The normalized spacial score (nSPS) is 12.9. The van der Waals surface area contributed by atoms with Crippen molar-refractivity contribution in [3.63, 3.8) is 0 Å². The van der Waals surface area contributed by atoms with Crippen molar-refractivity contribution in [1.29, 1.82) is 0 Å². The van der Waals surface area contributed by atoms with Gasteiger partial charge in [-0.2, -0.15) is 0 Å². The number of ether oxygens (including phenoxy) is 3. The molecule has 0 bridgehead atoms. The Morgan fingerprint density at radius 1 is 0.500 bits per heavy atom. The van der Waals surface area contributed by atoms with Crippen LogP contribution in [0.4, 0.5) is 0 Å². The van der Waals surface area contributed by atoms with Gasteiger partial charge < -0.3 is 28.6 Å². The predicted molar refractivity (Wildman–Crippen MR) is 213 cm³/mol. The molecule has 0 rings (SSSR count). The fraction of sp³-hybridized carbons (Fsp3) is 0.932. The van der Waals surface area contributed by atoms with Crippen LogP contribution in [0.2, 0.25) is 0 Å². The van der Waals surface area contributed by atoms with Crippen molar-refractivity contribution in [2.24, 2.45) is 0 Å². The number of rotatable bonds is 40. The van der Waals surface area contributed by atoms with Crippen molar-refractivity contribution in [3.05, 3.63) is 0 Å². The van der Waals surface area contributed by atoms with Gasteiger partial charge in [-0.3, -0.25) is 9.59 Å². The van der Waals surface area contributed by atoms with Crippen molar-refractivity contribution in [2.45, 2.75) is 225 Å². The van der Waals surface area contributed by atoms with Crippen molar-refractivity contribution in [2.75, 3.05) is 41.0 Å². The van der Waals surface area contributed by atoms with Crippen LogP contribution in [0.25, 0.3) is 0 Å². The summed E-state index contributed by atoms with van der Waals surface area (Å²) < 4.78 is 17.1. The van der Waals surface area contributed by atoms with E-state index in [0.717, 1.165) is 38.5 Å². The van der Waals surface area contributed by atoms with Crippen LogP contribution in [0.15, 0.2) is 0 Å². The molecule has 0 saturated heterocycles. The SMILES string of the molecule is CCCCCCCCCCCCCCCCCCCCCCC(=O)OCC(COCCC(C(=O)[O-])[N+](C)(C)C)OC(=O)CCCCCCCCCC. The van der Waals surface area contributed by atoms with Gasteiger partial charge in [0.2, 0.25) is 0 Å². The van der Waals surface area contributed by atoms with E-state index in [1.165, 1.54) is 141 Å². The summed E-state index contributed by atoms with van der Waals surface area (Å²) in [6, 6.07) is -0.718. The first kappa shape index (κ1) is 50.3. The zero-order chi connectivity index (χ0) is 38.5. The summed E-state index contributed by atoms with van der Waals surface area (Å²) in [6.45, 7) is 4.66. The maximum Gasteiger partial charge on any atom is 0.306 e. The molecule has 0 aromatic heterocycles. The first-order valence-corrected chi connectivity index (χ1v) is 22.1. The number of quaternary nitrogens is 1. The van der Waals surface area contributed by atoms with Crippen LogP contribution in [-0.2, 0) is 28.6 Å². The standard InChI is InChI=1S/C44H85NO7/c1-6-8-10-12-14-16-17-18-19-20-21-22-23-24-25-26-27-29-30-32-34-42(46)51-39-40(38-50-37-36-41(44(48)49)45(3,4)5)52-43(47)35-33-31-28-15-13-11-9-7-2/h40-41H,6-39H2,1-5H3. The number of hydrogen-bond acceptors (Lipinski definition) is 7. The average Bonchev–Trinajstić information content (AvgIpc) is 3.09. The maximum absolute atomic E-state index is 12.6. The molecular formula is C44H85NO7. The van der Waals surface area contributed by atoms with Crippen LogP contribution in [0.5, 0.6) is 0 Å². The molecule has 0 radical (unpaired) electrons. The molecule has 0 N–H and O–H groups in total. The van der Waals surface area contributed by atoms with Gasteiger partial charge in [-0.05, 0) is 12.8 Å². The van der Waals surface area contributed by atoms with E-state index in [9.17, 15) is 19.5 Å². The Morgan fingerprint density at radius 2 is 0.846 bits per heavy atom. The second-order valence-electron chi connectivity index (χ2n) is 16.3. The van der Waals surface area contributed by atoms with Gasteiger partial charge in [0.25, 0.3) is 0 Å². The molecule has 2 atom stereocenters. The number of esters is 2. The summed E-state index contributed by atoms with van der Waals surface area (Å²) in [5, 5.41) is 11.6. The topological polar surface area (TPSA) is 102 Å². The van der Waals surface area contributed by atoms with Crippen LogP contribution in [-0.4, -0.2) is 75.5 Å². The third kappa shape index (κ3) is 34.1. The second kappa shape index (κ2) is 36.3. The van der Waals surface area contributed by atoms with Gasteiger partial charge >= 0.3 is 11.9 Å². The smallest absolute Gasteiger partial charge is 0.306 e. The van der Waals surface area contributed by atoms with E-state index in [1.807, 2.05) is 0 Å². The molecule has 0 saturated carbocycles. The first-order chi connectivity index (χ1) is 25.1. The lowest BCUT2D eigenvalue weighted by Gasteiger charge is -2.34. The molecule has 52 heavy (non-hydrogen) atoms. The number of aliphatic carboxylic acids is 1. The van der Waals surface area contributed by atoms with Crippen LogP contribution >= 0.6 is 0 Å². The van der Waals surface area contributed by atoms with Crippen LogP contribution in [0.1, 0.15) is 213 Å². The molecule has 0 fully saturated rings. The lowest BCUT2D eigenvalue weighted by atomic mass is 10.0. The van der Waals surface area contributed by atoms with E-state index in [0.29, 0.717) is 12.8 Å². The van der Waals surface area contributed by atoms with Crippen LogP contribution < -0.4 is 5.11 Å². The van der Waals surface area contributed by atoms with E-state index in [4.69, 9.17) is 14.2 Å². The average molecular weight is 740 g/mol. The molecule has 0 aromatic rings. The molecule has 0 heterocycles. The van der Waals surface area contributed by atoms with Gasteiger partial charge in [0.1, 0.15) is 12.6 Å².